The van der Waals surface area contributed by atoms with Gasteiger partial charge in [0.1, 0.15) is 0 Å². The first-order valence-corrected chi connectivity index (χ1v) is 6.18. The van der Waals surface area contributed by atoms with Crippen LogP contribution in [0.5, 0.6) is 0 Å². The van der Waals surface area contributed by atoms with Crippen molar-refractivity contribution in [1.82, 2.24) is 14.8 Å². The van der Waals surface area contributed by atoms with Gasteiger partial charge in [0, 0.05) is 6.54 Å². The van der Waals surface area contributed by atoms with Crippen molar-refractivity contribution < 1.29 is 0 Å². The minimum Gasteiger partial charge on any atom is -0.366 e. The number of anilines is 2. The Labute approximate surface area is 106 Å². The van der Waals surface area contributed by atoms with Crippen LogP contribution < -0.4 is 11.1 Å². The Morgan fingerprint density at radius 3 is 3.00 bits per heavy atom. The van der Waals surface area contributed by atoms with Gasteiger partial charge in [-0.3, -0.25) is 0 Å². The van der Waals surface area contributed by atoms with E-state index in [4.69, 9.17) is 5.73 Å². The second kappa shape index (κ2) is 4.01. The van der Waals surface area contributed by atoms with Crippen LogP contribution in [0.3, 0.4) is 0 Å². The lowest BCUT2D eigenvalue weighted by atomic mass is 9.96. The van der Waals surface area contributed by atoms with Gasteiger partial charge in [0.15, 0.2) is 0 Å². The number of aromatic nitrogens is 3. The number of benzene rings is 1. The molecule has 5 heteroatoms. The highest BCUT2D eigenvalue weighted by molar-refractivity contribution is 5.40. The molecule has 1 aromatic heterocycles. The van der Waals surface area contributed by atoms with Gasteiger partial charge in [0.2, 0.25) is 11.9 Å². The number of nitrogens with two attached hydrogens (primary N) is 1. The Morgan fingerprint density at radius 1 is 1.39 bits per heavy atom. The maximum absolute atomic E-state index is 5.68. The summed E-state index contributed by atoms with van der Waals surface area (Å²) >= 11 is 0. The van der Waals surface area contributed by atoms with Crippen LogP contribution in [-0.2, 0) is 0 Å². The number of nitrogens with zero attached hydrogens (tertiary/aromatic N) is 3. The number of fused-ring (bicyclic) bond motifs is 1. The molecule has 0 saturated heterocycles. The molecule has 1 unspecified atom stereocenters. The second-order valence-corrected chi connectivity index (χ2v) is 4.83. The van der Waals surface area contributed by atoms with E-state index in [1.165, 1.54) is 16.7 Å². The standard InChI is InChI=1S/C13H17N5/c1-8-3-4-10(9(2)7-8)11-5-6-15-13-16-12(14)17-18(11)13/h3-4,7,11H,5-6H2,1-2H3,(H3,14,15,16,17). The van der Waals surface area contributed by atoms with E-state index in [-0.39, 0.29) is 6.04 Å². The fourth-order valence-corrected chi connectivity index (χ4v) is 2.61. The molecule has 94 valence electrons. The van der Waals surface area contributed by atoms with E-state index in [0.717, 1.165) is 18.9 Å². The first kappa shape index (κ1) is 11.1. The third kappa shape index (κ3) is 1.72. The van der Waals surface area contributed by atoms with Crippen molar-refractivity contribution in [3.63, 3.8) is 0 Å². The van der Waals surface area contributed by atoms with Gasteiger partial charge in [-0.15, -0.1) is 5.10 Å². The lowest BCUT2D eigenvalue weighted by Gasteiger charge is -2.26. The highest BCUT2D eigenvalue weighted by atomic mass is 15.4. The maximum atomic E-state index is 5.68. The van der Waals surface area contributed by atoms with Crippen LogP contribution in [0.4, 0.5) is 11.9 Å². The quantitative estimate of drug-likeness (QED) is 0.802. The normalized spacial score (nSPS) is 18.2. The molecule has 1 atom stereocenters. The van der Waals surface area contributed by atoms with E-state index in [9.17, 15) is 0 Å². The Bertz CT molecular complexity index is 587. The molecule has 5 nitrogen and oxygen atoms in total. The molecule has 0 spiro atoms. The Kier molecular flexibility index (Phi) is 2.47. The van der Waals surface area contributed by atoms with E-state index < -0.39 is 0 Å². The van der Waals surface area contributed by atoms with Crippen LogP contribution in [0, 0.1) is 13.8 Å². The first-order chi connectivity index (χ1) is 8.65. The van der Waals surface area contributed by atoms with Gasteiger partial charge >= 0.3 is 0 Å². The fourth-order valence-electron chi connectivity index (χ4n) is 2.61. The number of rotatable bonds is 1. The predicted octanol–water partition coefficient (Wildman–Crippen LogP) is 1.88. The average Bonchev–Trinajstić information content (AvgIpc) is 2.69. The summed E-state index contributed by atoms with van der Waals surface area (Å²) < 4.78 is 1.90. The summed E-state index contributed by atoms with van der Waals surface area (Å²) in [5.74, 6) is 1.10. The van der Waals surface area contributed by atoms with Gasteiger partial charge in [-0.2, -0.15) is 4.98 Å². The van der Waals surface area contributed by atoms with E-state index in [1.54, 1.807) is 0 Å². The SMILES string of the molecule is Cc1ccc(C2CCNc3nc(N)nn32)c(C)c1. The summed E-state index contributed by atoms with van der Waals surface area (Å²) in [5.41, 5.74) is 9.55. The van der Waals surface area contributed by atoms with Crippen LogP contribution in [0.15, 0.2) is 18.2 Å². The van der Waals surface area contributed by atoms with Crippen LogP contribution in [-0.4, -0.2) is 21.3 Å². The Balaban J connectivity index is 2.07. The molecule has 1 aliphatic heterocycles. The van der Waals surface area contributed by atoms with E-state index in [0.29, 0.717) is 5.95 Å². The molecular formula is C13H17N5. The maximum Gasteiger partial charge on any atom is 0.241 e. The third-order valence-electron chi connectivity index (χ3n) is 3.43. The lowest BCUT2D eigenvalue weighted by molar-refractivity contribution is 0.479. The zero-order valence-electron chi connectivity index (χ0n) is 10.6. The van der Waals surface area contributed by atoms with Gasteiger partial charge in [-0.25, -0.2) is 4.68 Å². The summed E-state index contributed by atoms with van der Waals surface area (Å²) in [7, 11) is 0. The van der Waals surface area contributed by atoms with E-state index >= 15 is 0 Å². The lowest BCUT2D eigenvalue weighted by Crippen LogP contribution is -2.25. The highest BCUT2D eigenvalue weighted by Crippen LogP contribution is 2.30. The summed E-state index contributed by atoms with van der Waals surface area (Å²) in [6.07, 6.45) is 1.000. The summed E-state index contributed by atoms with van der Waals surface area (Å²) in [5, 5.41) is 7.52. The molecule has 0 aliphatic carbocycles. The van der Waals surface area contributed by atoms with Crippen molar-refractivity contribution in [2.45, 2.75) is 26.3 Å². The predicted molar refractivity (Wildman–Crippen MR) is 71.6 cm³/mol. The fraction of sp³-hybridized carbons (Fsp3) is 0.385. The minimum absolute atomic E-state index is 0.228. The number of hydrogen-bond donors (Lipinski definition) is 2. The zero-order valence-corrected chi connectivity index (χ0v) is 10.6. The molecule has 0 fully saturated rings. The van der Waals surface area contributed by atoms with Gasteiger partial charge < -0.3 is 11.1 Å². The Morgan fingerprint density at radius 2 is 2.22 bits per heavy atom. The molecule has 1 aliphatic rings. The van der Waals surface area contributed by atoms with Crippen LogP contribution in [0.25, 0.3) is 0 Å². The number of hydrogen-bond acceptors (Lipinski definition) is 4. The first-order valence-electron chi connectivity index (χ1n) is 6.18. The highest BCUT2D eigenvalue weighted by Gasteiger charge is 2.24. The van der Waals surface area contributed by atoms with E-state index in [1.807, 2.05) is 4.68 Å². The molecule has 3 rings (SSSR count). The number of nitrogens with one attached hydrogen (secondary N) is 1. The van der Waals surface area contributed by atoms with Crippen molar-refractivity contribution in [2.24, 2.45) is 0 Å². The minimum atomic E-state index is 0.228. The van der Waals surface area contributed by atoms with Gasteiger partial charge in [0.25, 0.3) is 0 Å². The molecule has 0 bridgehead atoms. The van der Waals surface area contributed by atoms with Gasteiger partial charge in [0.05, 0.1) is 6.04 Å². The molecule has 0 radical (unpaired) electrons. The van der Waals surface area contributed by atoms with Gasteiger partial charge in [-0.05, 0) is 31.4 Å². The molecular weight excluding hydrogens is 226 g/mol. The van der Waals surface area contributed by atoms with Crippen molar-refractivity contribution in [1.29, 1.82) is 0 Å². The topological polar surface area (TPSA) is 68.8 Å². The molecule has 18 heavy (non-hydrogen) atoms. The van der Waals surface area contributed by atoms with Crippen LogP contribution in [0.1, 0.15) is 29.2 Å². The average molecular weight is 243 g/mol. The van der Waals surface area contributed by atoms with E-state index in [2.05, 4.69) is 47.4 Å². The Hall–Kier alpha value is -2.04. The number of nitrogen functional groups attached to an aromatic ring is 1. The van der Waals surface area contributed by atoms with Crippen molar-refractivity contribution in [3.05, 3.63) is 34.9 Å². The molecule has 1 aromatic carbocycles. The number of aryl methyl sites for hydroxylation is 2. The zero-order chi connectivity index (χ0) is 12.7. The molecule has 2 aromatic rings. The molecule has 3 N–H and O–H groups in total. The second-order valence-electron chi connectivity index (χ2n) is 4.83. The monoisotopic (exact) mass is 243 g/mol. The van der Waals surface area contributed by atoms with Crippen molar-refractivity contribution >= 4 is 11.9 Å². The molecule has 0 amide bonds. The molecule has 2 heterocycles. The third-order valence-corrected chi connectivity index (χ3v) is 3.43. The summed E-state index contributed by atoms with van der Waals surface area (Å²) in [6.45, 7) is 5.15. The summed E-state index contributed by atoms with van der Waals surface area (Å²) in [6, 6.07) is 6.76. The van der Waals surface area contributed by atoms with Gasteiger partial charge in [-0.1, -0.05) is 23.8 Å². The largest absolute Gasteiger partial charge is 0.366 e. The molecule has 0 saturated carbocycles. The van der Waals surface area contributed by atoms with Crippen LogP contribution >= 0.6 is 0 Å². The smallest absolute Gasteiger partial charge is 0.241 e. The van der Waals surface area contributed by atoms with Crippen molar-refractivity contribution in [2.75, 3.05) is 17.6 Å². The van der Waals surface area contributed by atoms with Crippen molar-refractivity contribution in [3.8, 4) is 0 Å². The summed E-state index contributed by atoms with van der Waals surface area (Å²) in [4.78, 5) is 4.19. The van der Waals surface area contributed by atoms with Crippen LogP contribution in [0.2, 0.25) is 0 Å².